The van der Waals surface area contributed by atoms with E-state index in [9.17, 15) is 4.79 Å². The summed E-state index contributed by atoms with van der Waals surface area (Å²) in [5.41, 5.74) is 0.967. The van der Waals surface area contributed by atoms with Crippen LogP contribution in [-0.2, 0) is 14.9 Å². The molecule has 0 aromatic heterocycles. The quantitative estimate of drug-likeness (QED) is 0.658. The van der Waals surface area contributed by atoms with E-state index in [2.05, 4.69) is 18.3 Å². The predicted molar refractivity (Wildman–Crippen MR) is 114 cm³/mol. The fourth-order valence-corrected chi connectivity index (χ4v) is 3.66. The van der Waals surface area contributed by atoms with E-state index in [0.717, 1.165) is 30.6 Å². The monoisotopic (exact) mass is 417 g/mol. The van der Waals surface area contributed by atoms with Gasteiger partial charge in [-0.05, 0) is 61.2 Å². The molecule has 1 aliphatic rings. The fraction of sp³-hybridized carbons (Fsp3) is 0.435. The van der Waals surface area contributed by atoms with Crippen molar-refractivity contribution in [1.29, 1.82) is 0 Å². The van der Waals surface area contributed by atoms with Gasteiger partial charge in [-0.3, -0.25) is 4.79 Å². The van der Waals surface area contributed by atoms with Gasteiger partial charge in [0.1, 0.15) is 11.5 Å². The normalized spacial score (nSPS) is 15.5. The third kappa shape index (κ3) is 6.12. The molecule has 0 saturated carbocycles. The number of nitrogens with one attached hydrogen (secondary N) is 1. The highest BCUT2D eigenvalue weighted by Gasteiger charge is 2.35. The number of hydrogen-bond acceptors (Lipinski definition) is 4. The Balaban J connectivity index is 1.54. The molecule has 0 unspecified atom stereocenters. The summed E-state index contributed by atoms with van der Waals surface area (Å²) in [6.07, 6.45) is 2.64. The van der Waals surface area contributed by atoms with Gasteiger partial charge in [0.05, 0.1) is 6.61 Å². The van der Waals surface area contributed by atoms with Crippen LogP contribution in [0.3, 0.4) is 0 Å². The number of benzene rings is 2. The zero-order chi connectivity index (χ0) is 20.5. The van der Waals surface area contributed by atoms with Crippen LogP contribution in [-0.4, -0.2) is 38.9 Å². The second kappa shape index (κ2) is 10.5. The molecule has 2 aromatic carbocycles. The van der Waals surface area contributed by atoms with Crippen LogP contribution in [0.15, 0.2) is 48.5 Å². The Morgan fingerprint density at radius 2 is 1.79 bits per heavy atom. The molecule has 5 nitrogen and oxygen atoms in total. The molecule has 0 bridgehead atoms. The molecule has 156 valence electrons. The number of rotatable bonds is 9. The average Bonchev–Trinajstić information content (AvgIpc) is 2.76. The summed E-state index contributed by atoms with van der Waals surface area (Å²) in [7, 11) is 0. The van der Waals surface area contributed by atoms with E-state index in [1.807, 2.05) is 42.5 Å². The van der Waals surface area contributed by atoms with E-state index in [-0.39, 0.29) is 17.9 Å². The van der Waals surface area contributed by atoms with Crippen LogP contribution in [0.5, 0.6) is 11.5 Å². The first kappa shape index (κ1) is 21.5. The van der Waals surface area contributed by atoms with Crippen molar-refractivity contribution < 1.29 is 19.0 Å². The number of hydrogen-bond donors (Lipinski definition) is 1. The molecule has 0 aliphatic carbocycles. The van der Waals surface area contributed by atoms with Crippen molar-refractivity contribution in [2.45, 2.75) is 31.6 Å². The molecule has 1 aliphatic heterocycles. The molecule has 1 heterocycles. The van der Waals surface area contributed by atoms with Gasteiger partial charge < -0.3 is 19.5 Å². The van der Waals surface area contributed by atoms with Gasteiger partial charge in [-0.2, -0.15) is 0 Å². The van der Waals surface area contributed by atoms with Crippen LogP contribution < -0.4 is 14.8 Å². The second-order valence-electron chi connectivity index (χ2n) is 7.29. The predicted octanol–water partition coefficient (Wildman–Crippen LogP) is 4.37. The first-order valence-electron chi connectivity index (χ1n) is 10.1. The highest BCUT2D eigenvalue weighted by atomic mass is 35.5. The fourth-order valence-electron chi connectivity index (χ4n) is 3.47. The molecule has 0 radical (unpaired) electrons. The first-order valence-corrected chi connectivity index (χ1v) is 10.5. The molecule has 2 aromatic rings. The van der Waals surface area contributed by atoms with Crippen LogP contribution in [0, 0.1) is 0 Å². The van der Waals surface area contributed by atoms with Gasteiger partial charge in [0, 0.05) is 30.2 Å². The lowest BCUT2D eigenvalue weighted by molar-refractivity contribution is -0.123. The van der Waals surface area contributed by atoms with Gasteiger partial charge in [-0.25, -0.2) is 0 Å². The molecule has 1 saturated heterocycles. The van der Waals surface area contributed by atoms with Crippen LogP contribution in [0.1, 0.15) is 31.7 Å². The minimum absolute atomic E-state index is 0.0305. The molecule has 29 heavy (non-hydrogen) atoms. The van der Waals surface area contributed by atoms with Gasteiger partial charge in [0.15, 0.2) is 6.61 Å². The zero-order valence-electron chi connectivity index (χ0n) is 16.8. The van der Waals surface area contributed by atoms with Crippen molar-refractivity contribution in [1.82, 2.24) is 5.32 Å². The van der Waals surface area contributed by atoms with Gasteiger partial charge in [0.2, 0.25) is 0 Å². The van der Waals surface area contributed by atoms with Crippen LogP contribution in [0.25, 0.3) is 0 Å². The third-order valence-electron chi connectivity index (χ3n) is 5.18. The SMILES string of the molecule is CCCOc1ccc(OCC(=O)NCC2(c3cccc(Cl)c3)CCOCC2)cc1. The van der Waals surface area contributed by atoms with E-state index in [4.69, 9.17) is 25.8 Å². The third-order valence-corrected chi connectivity index (χ3v) is 5.41. The summed E-state index contributed by atoms with van der Waals surface area (Å²) >= 11 is 6.20. The standard InChI is InChI=1S/C23H28ClNO4/c1-2-12-28-20-6-8-21(9-7-20)29-16-22(26)25-17-23(10-13-27-14-11-23)18-4-3-5-19(24)15-18/h3-9,15H,2,10-14,16-17H2,1H3,(H,25,26). The van der Waals surface area contributed by atoms with Crippen molar-refractivity contribution in [3.8, 4) is 11.5 Å². The maximum Gasteiger partial charge on any atom is 0.257 e. The molecule has 1 N–H and O–H groups in total. The maximum atomic E-state index is 12.4. The Labute approximate surface area is 177 Å². The first-order chi connectivity index (χ1) is 14.1. The molecule has 0 atom stereocenters. The summed E-state index contributed by atoms with van der Waals surface area (Å²) in [4.78, 5) is 12.4. The highest BCUT2D eigenvalue weighted by Crippen LogP contribution is 2.35. The lowest BCUT2D eigenvalue weighted by Gasteiger charge is -2.38. The Morgan fingerprint density at radius 3 is 2.45 bits per heavy atom. The van der Waals surface area contributed by atoms with Crippen molar-refractivity contribution in [2.75, 3.05) is 33.0 Å². The van der Waals surface area contributed by atoms with E-state index in [1.165, 1.54) is 0 Å². The summed E-state index contributed by atoms with van der Waals surface area (Å²) < 4.78 is 16.7. The largest absolute Gasteiger partial charge is 0.494 e. The number of carbonyl (C=O) groups is 1. The van der Waals surface area contributed by atoms with Crippen LogP contribution in [0.2, 0.25) is 5.02 Å². The van der Waals surface area contributed by atoms with E-state index in [1.54, 1.807) is 0 Å². The smallest absolute Gasteiger partial charge is 0.257 e. The summed E-state index contributed by atoms with van der Waals surface area (Å²) in [6, 6.07) is 15.2. The van der Waals surface area contributed by atoms with Crippen LogP contribution >= 0.6 is 11.6 Å². The zero-order valence-corrected chi connectivity index (χ0v) is 17.5. The number of ether oxygens (including phenoxy) is 3. The summed E-state index contributed by atoms with van der Waals surface area (Å²) in [5, 5.41) is 3.74. The molecule has 0 spiro atoms. The molecule has 1 fully saturated rings. The highest BCUT2D eigenvalue weighted by molar-refractivity contribution is 6.30. The number of amides is 1. The van der Waals surface area contributed by atoms with Gasteiger partial charge in [-0.1, -0.05) is 30.7 Å². The maximum absolute atomic E-state index is 12.4. The topological polar surface area (TPSA) is 56.8 Å². The minimum Gasteiger partial charge on any atom is -0.494 e. The van der Waals surface area contributed by atoms with Crippen molar-refractivity contribution in [2.24, 2.45) is 0 Å². The van der Waals surface area contributed by atoms with E-state index < -0.39 is 0 Å². The summed E-state index contributed by atoms with van der Waals surface area (Å²) in [6.45, 7) is 4.59. The van der Waals surface area contributed by atoms with E-state index in [0.29, 0.717) is 37.1 Å². The van der Waals surface area contributed by atoms with Gasteiger partial charge in [-0.15, -0.1) is 0 Å². The summed E-state index contributed by atoms with van der Waals surface area (Å²) in [5.74, 6) is 1.29. The minimum atomic E-state index is -0.170. The Morgan fingerprint density at radius 1 is 1.10 bits per heavy atom. The Kier molecular flexibility index (Phi) is 7.78. The molecule has 3 rings (SSSR count). The van der Waals surface area contributed by atoms with Crippen LogP contribution in [0.4, 0.5) is 0 Å². The lowest BCUT2D eigenvalue weighted by Crippen LogP contribution is -2.45. The van der Waals surface area contributed by atoms with Gasteiger partial charge in [0.25, 0.3) is 5.91 Å². The molecular weight excluding hydrogens is 390 g/mol. The number of halogens is 1. The average molecular weight is 418 g/mol. The lowest BCUT2D eigenvalue weighted by atomic mass is 9.74. The van der Waals surface area contributed by atoms with Gasteiger partial charge >= 0.3 is 0 Å². The molecule has 6 heteroatoms. The Bertz CT molecular complexity index is 788. The molecular formula is C23H28ClNO4. The second-order valence-corrected chi connectivity index (χ2v) is 7.72. The number of carbonyl (C=O) groups excluding carboxylic acids is 1. The van der Waals surface area contributed by atoms with Crippen molar-refractivity contribution in [3.05, 3.63) is 59.1 Å². The van der Waals surface area contributed by atoms with Crippen molar-refractivity contribution in [3.63, 3.8) is 0 Å². The van der Waals surface area contributed by atoms with E-state index >= 15 is 0 Å². The Hall–Kier alpha value is -2.24. The molecule has 1 amide bonds. The van der Waals surface area contributed by atoms with Crippen molar-refractivity contribution >= 4 is 17.5 Å².